The van der Waals surface area contributed by atoms with E-state index in [1.54, 1.807) is 0 Å². The van der Waals surface area contributed by atoms with Crippen molar-refractivity contribution in [2.45, 2.75) is 37.4 Å². The lowest BCUT2D eigenvalue weighted by Crippen LogP contribution is -2.52. The first kappa shape index (κ1) is 22.8. The maximum absolute atomic E-state index is 13.5. The van der Waals surface area contributed by atoms with Gasteiger partial charge in [-0.2, -0.15) is 17.6 Å². The van der Waals surface area contributed by atoms with Gasteiger partial charge in [0.2, 0.25) is 0 Å². The molecular formula is C11H13F9O4. The third-order valence-corrected chi connectivity index (χ3v) is 2.43. The molecule has 1 saturated heterocycles. The molecule has 4 nitrogen and oxygen atoms in total. The van der Waals surface area contributed by atoms with Gasteiger partial charge in [-0.3, -0.25) is 0 Å². The van der Waals surface area contributed by atoms with Crippen molar-refractivity contribution in [1.82, 2.24) is 0 Å². The highest BCUT2D eigenvalue weighted by molar-refractivity contribution is 5.78. The second-order valence-corrected chi connectivity index (χ2v) is 4.29. The molecule has 0 bridgehead atoms. The van der Waals surface area contributed by atoms with E-state index < -0.39 is 50.4 Å². The number of hydrogen-bond acceptors (Lipinski definition) is 4. The third kappa shape index (κ3) is 8.57. The molecule has 0 N–H and O–H groups in total. The van der Waals surface area contributed by atoms with Gasteiger partial charge in [0.15, 0.2) is 0 Å². The first-order valence-corrected chi connectivity index (χ1v) is 6.31. The van der Waals surface area contributed by atoms with E-state index in [2.05, 4.69) is 9.47 Å². The monoisotopic (exact) mass is 380 g/mol. The van der Waals surface area contributed by atoms with Crippen LogP contribution in [0.4, 0.5) is 39.5 Å². The Hall–Kier alpha value is -1.24. The topological polar surface area (TPSA) is 44.8 Å². The van der Waals surface area contributed by atoms with Crippen molar-refractivity contribution in [2.24, 2.45) is 0 Å². The number of esters is 1. The van der Waals surface area contributed by atoms with Gasteiger partial charge in [0.25, 0.3) is 0 Å². The van der Waals surface area contributed by atoms with E-state index in [4.69, 9.17) is 4.74 Å². The fourth-order valence-electron chi connectivity index (χ4n) is 1.47. The molecule has 144 valence electrons. The molecule has 0 amide bonds. The molecule has 1 aliphatic rings. The zero-order chi connectivity index (χ0) is 19.0. The fraction of sp³-hybridized carbons (Fsp3) is 0.909. The fourth-order valence-corrected chi connectivity index (χ4v) is 1.47. The van der Waals surface area contributed by atoms with Crippen LogP contribution in [0.5, 0.6) is 0 Å². The van der Waals surface area contributed by atoms with Gasteiger partial charge in [-0.25, -0.2) is 9.18 Å². The molecule has 0 aromatic heterocycles. The minimum absolute atomic E-state index is 0.403. The molecule has 1 fully saturated rings. The van der Waals surface area contributed by atoms with Crippen LogP contribution in [0.15, 0.2) is 0 Å². The molecule has 0 radical (unpaired) electrons. The lowest BCUT2D eigenvalue weighted by atomic mass is 10.2. The molecule has 0 aromatic carbocycles. The van der Waals surface area contributed by atoms with E-state index in [1.165, 1.54) is 0 Å². The van der Waals surface area contributed by atoms with Crippen molar-refractivity contribution in [1.29, 1.82) is 0 Å². The van der Waals surface area contributed by atoms with E-state index in [9.17, 15) is 44.3 Å². The molecule has 0 aliphatic carbocycles. The Morgan fingerprint density at radius 2 is 1.62 bits per heavy atom. The first-order valence-electron chi connectivity index (χ1n) is 6.31. The summed E-state index contributed by atoms with van der Waals surface area (Å²) >= 11 is 0. The molecule has 0 spiro atoms. The second-order valence-electron chi connectivity index (χ2n) is 4.29. The minimum atomic E-state index is -5.64. The lowest BCUT2D eigenvalue weighted by Gasteiger charge is -2.25. The summed E-state index contributed by atoms with van der Waals surface area (Å²) in [5, 5.41) is 0. The largest absolute Gasteiger partial charge is 0.559 e. The van der Waals surface area contributed by atoms with Crippen LogP contribution in [0.25, 0.3) is 0 Å². The highest BCUT2D eigenvalue weighted by Crippen LogP contribution is 2.36. The number of hydrogen-bond donors (Lipinski definition) is 0. The second kappa shape index (κ2) is 9.30. The first-order chi connectivity index (χ1) is 10.8. The summed E-state index contributed by atoms with van der Waals surface area (Å²) in [4.78, 5) is 11.2. The Kier molecular flexibility index (Phi) is 8.82. The van der Waals surface area contributed by atoms with Crippen LogP contribution in [0.2, 0.25) is 0 Å². The van der Waals surface area contributed by atoms with E-state index in [0.29, 0.717) is 19.4 Å². The molecular weight excluding hydrogens is 367 g/mol. The Morgan fingerprint density at radius 1 is 1.08 bits per heavy atom. The van der Waals surface area contributed by atoms with Crippen LogP contribution in [0.3, 0.4) is 0 Å². The van der Waals surface area contributed by atoms with Gasteiger partial charge in [-0.15, -0.1) is 17.6 Å². The van der Waals surface area contributed by atoms with Crippen LogP contribution in [-0.4, -0.2) is 57.0 Å². The maximum Gasteiger partial charge on any atom is 0.559 e. The number of halogens is 9. The van der Waals surface area contributed by atoms with Gasteiger partial charge >= 0.3 is 24.4 Å². The van der Waals surface area contributed by atoms with Gasteiger partial charge in [0.1, 0.15) is 13.3 Å². The van der Waals surface area contributed by atoms with Crippen molar-refractivity contribution >= 4 is 5.97 Å². The van der Waals surface area contributed by atoms with Gasteiger partial charge in [0, 0.05) is 6.61 Å². The summed E-state index contributed by atoms with van der Waals surface area (Å²) < 4.78 is 114. The molecule has 1 rings (SSSR count). The van der Waals surface area contributed by atoms with Gasteiger partial charge in [0.05, 0.1) is 12.7 Å². The molecule has 2 atom stereocenters. The maximum atomic E-state index is 13.5. The summed E-state index contributed by atoms with van der Waals surface area (Å²) in [5.74, 6) is -6.90. The van der Waals surface area contributed by atoms with Crippen LogP contribution in [0, 0.1) is 0 Å². The van der Waals surface area contributed by atoms with Crippen LogP contribution < -0.4 is 0 Å². The van der Waals surface area contributed by atoms with E-state index >= 15 is 0 Å². The molecule has 1 aliphatic heterocycles. The zero-order valence-electron chi connectivity index (χ0n) is 11.9. The number of carbonyl (C=O) groups excluding carboxylic acids is 1. The normalized spacial score (nSPS) is 20.8. The van der Waals surface area contributed by atoms with E-state index in [0.717, 1.165) is 0 Å². The quantitative estimate of drug-likeness (QED) is 0.524. The number of carbonyl (C=O) groups is 1. The van der Waals surface area contributed by atoms with Crippen molar-refractivity contribution in [3.8, 4) is 0 Å². The Bertz CT molecular complexity index is 373. The molecule has 0 saturated carbocycles. The minimum Gasteiger partial charge on any atom is -0.458 e. The van der Waals surface area contributed by atoms with Crippen molar-refractivity contribution in [3.63, 3.8) is 0 Å². The summed E-state index contributed by atoms with van der Waals surface area (Å²) in [7, 11) is 0. The number of alkyl halides is 9. The smallest absolute Gasteiger partial charge is 0.458 e. The average molecular weight is 380 g/mol. The average Bonchev–Trinajstić information content (AvgIpc) is 2.92. The summed E-state index contributed by atoms with van der Waals surface area (Å²) in [5.41, 5.74) is 0. The standard InChI is InChI=1S/C10H13F5O4.CF4/c11-3-5-19-9(12,10(13,14)15)8(16)18-6-7-2-1-4-17-7;2-1(3,4)5/h7H,1-6H2;. The Labute approximate surface area is 129 Å². The molecule has 13 heteroatoms. The number of rotatable bonds is 6. The van der Waals surface area contributed by atoms with Gasteiger partial charge in [-0.1, -0.05) is 0 Å². The Balaban J connectivity index is 0.000000922. The zero-order valence-corrected chi connectivity index (χ0v) is 11.9. The number of ether oxygens (including phenoxy) is 3. The molecule has 2 unspecified atom stereocenters. The summed E-state index contributed by atoms with van der Waals surface area (Å²) in [6.07, 6.45) is -10.5. The van der Waals surface area contributed by atoms with Gasteiger partial charge < -0.3 is 14.2 Å². The van der Waals surface area contributed by atoms with E-state index in [1.807, 2.05) is 0 Å². The highest BCUT2D eigenvalue weighted by atomic mass is 19.5. The molecule has 1 heterocycles. The van der Waals surface area contributed by atoms with Crippen LogP contribution in [-0.2, 0) is 19.0 Å². The van der Waals surface area contributed by atoms with Crippen molar-refractivity contribution < 1.29 is 58.5 Å². The third-order valence-electron chi connectivity index (χ3n) is 2.43. The van der Waals surface area contributed by atoms with Crippen molar-refractivity contribution in [2.75, 3.05) is 26.5 Å². The van der Waals surface area contributed by atoms with Gasteiger partial charge in [-0.05, 0) is 12.8 Å². The predicted octanol–water partition coefficient (Wildman–Crippen LogP) is 3.40. The highest BCUT2D eigenvalue weighted by Gasteiger charge is 2.65. The molecule has 24 heavy (non-hydrogen) atoms. The Morgan fingerprint density at radius 3 is 2.00 bits per heavy atom. The summed E-state index contributed by atoms with van der Waals surface area (Å²) in [6, 6.07) is 0. The van der Waals surface area contributed by atoms with Crippen LogP contribution in [0.1, 0.15) is 12.8 Å². The predicted molar refractivity (Wildman–Crippen MR) is 58.9 cm³/mol. The van der Waals surface area contributed by atoms with Crippen LogP contribution >= 0.6 is 0 Å². The summed E-state index contributed by atoms with van der Waals surface area (Å²) in [6.45, 7) is -2.66. The lowest BCUT2D eigenvalue weighted by molar-refractivity contribution is -0.324. The molecule has 0 aromatic rings. The van der Waals surface area contributed by atoms with E-state index in [-0.39, 0.29) is 0 Å². The SMILES string of the molecule is FC(F)(F)F.O=C(OCC1CCCO1)C(F)(OCCF)C(F)(F)F. The van der Waals surface area contributed by atoms with Crippen molar-refractivity contribution in [3.05, 3.63) is 0 Å².